The molecule has 1 saturated heterocycles. The monoisotopic (exact) mass is 289 g/mol. The molecule has 2 aliphatic heterocycles. The van der Waals surface area contributed by atoms with Crippen LogP contribution in [0.15, 0.2) is 0 Å². The molecular formula is C13H18F3N3O. The number of nitrogens with one attached hydrogen (secondary N) is 1. The van der Waals surface area contributed by atoms with E-state index < -0.39 is 12.0 Å². The molecule has 0 amide bonds. The van der Waals surface area contributed by atoms with Crippen molar-refractivity contribution >= 4 is 0 Å². The molecule has 4 nitrogen and oxygen atoms in total. The molecule has 1 aromatic rings. The predicted molar refractivity (Wildman–Crippen MR) is 66.2 cm³/mol. The molecule has 3 heterocycles. The first kappa shape index (κ1) is 13.9. The molecule has 20 heavy (non-hydrogen) atoms. The lowest BCUT2D eigenvalue weighted by Gasteiger charge is -2.18. The molecule has 1 unspecified atom stereocenters. The zero-order valence-electron chi connectivity index (χ0n) is 11.2. The molecule has 1 fully saturated rings. The number of aromatic nitrogens is 2. The van der Waals surface area contributed by atoms with Crippen LogP contribution in [0, 0.1) is 0 Å². The SMILES string of the molecule is FC(F)(F)c1nc2c(n1CCC1CCCO1)CCNC2. The van der Waals surface area contributed by atoms with Gasteiger partial charge in [0, 0.05) is 38.4 Å². The molecular weight excluding hydrogens is 271 g/mol. The van der Waals surface area contributed by atoms with Crippen molar-refractivity contribution in [2.75, 3.05) is 13.2 Å². The molecule has 2 aliphatic rings. The van der Waals surface area contributed by atoms with E-state index in [4.69, 9.17) is 4.74 Å². The molecule has 7 heteroatoms. The van der Waals surface area contributed by atoms with Gasteiger partial charge in [0.15, 0.2) is 0 Å². The summed E-state index contributed by atoms with van der Waals surface area (Å²) in [5.41, 5.74) is 1.27. The summed E-state index contributed by atoms with van der Waals surface area (Å²) in [7, 11) is 0. The highest BCUT2D eigenvalue weighted by atomic mass is 19.4. The zero-order valence-corrected chi connectivity index (χ0v) is 11.2. The first-order valence-electron chi connectivity index (χ1n) is 7.03. The van der Waals surface area contributed by atoms with Gasteiger partial charge in [0.2, 0.25) is 5.82 Å². The van der Waals surface area contributed by atoms with Crippen LogP contribution in [-0.4, -0.2) is 28.8 Å². The summed E-state index contributed by atoms with van der Waals surface area (Å²) in [6.07, 6.45) is -1.13. The number of hydrogen-bond donors (Lipinski definition) is 1. The minimum atomic E-state index is -4.39. The minimum absolute atomic E-state index is 0.0934. The standard InChI is InChI=1S/C13H18F3N3O/c14-13(15,16)12-18-10-8-17-5-3-11(10)19(12)6-4-9-2-1-7-20-9/h9,17H,1-8H2. The lowest BCUT2D eigenvalue weighted by atomic mass is 10.1. The normalized spacial score (nSPS) is 23.1. The Morgan fingerprint density at radius 3 is 2.95 bits per heavy atom. The maximum atomic E-state index is 13.1. The van der Waals surface area contributed by atoms with Gasteiger partial charge in [0.1, 0.15) is 0 Å². The number of halogens is 3. The molecule has 112 valence electrons. The first-order valence-corrected chi connectivity index (χ1v) is 7.03. The van der Waals surface area contributed by atoms with E-state index >= 15 is 0 Å². The second-order valence-corrected chi connectivity index (χ2v) is 5.33. The molecule has 0 saturated carbocycles. The Kier molecular flexibility index (Phi) is 3.72. The Labute approximate surface area is 115 Å². The van der Waals surface area contributed by atoms with Crippen LogP contribution in [-0.2, 0) is 30.4 Å². The second-order valence-electron chi connectivity index (χ2n) is 5.33. The van der Waals surface area contributed by atoms with Gasteiger partial charge in [-0.1, -0.05) is 0 Å². The van der Waals surface area contributed by atoms with Crippen molar-refractivity contribution in [1.29, 1.82) is 0 Å². The number of ether oxygens (including phenoxy) is 1. The Morgan fingerprint density at radius 2 is 2.25 bits per heavy atom. The van der Waals surface area contributed by atoms with Crippen molar-refractivity contribution in [3.05, 3.63) is 17.2 Å². The lowest BCUT2D eigenvalue weighted by Crippen LogP contribution is -2.26. The average Bonchev–Trinajstić information content (AvgIpc) is 3.03. The lowest BCUT2D eigenvalue weighted by molar-refractivity contribution is -0.147. The van der Waals surface area contributed by atoms with E-state index in [1.165, 1.54) is 4.57 Å². The number of hydrogen-bond acceptors (Lipinski definition) is 3. The van der Waals surface area contributed by atoms with Crippen LogP contribution in [0.25, 0.3) is 0 Å². The van der Waals surface area contributed by atoms with Gasteiger partial charge in [-0.05, 0) is 19.3 Å². The summed E-state index contributed by atoms with van der Waals surface area (Å²) in [6.45, 7) is 2.19. The molecule has 0 spiro atoms. The number of fused-ring (bicyclic) bond motifs is 1. The van der Waals surface area contributed by atoms with Crippen LogP contribution in [0.1, 0.15) is 36.5 Å². The van der Waals surface area contributed by atoms with E-state index in [0.29, 0.717) is 38.2 Å². The molecule has 0 bridgehead atoms. The van der Waals surface area contributed by atoms with Gasteiger partial charge in [-0.15, -0.1) is 0 Å². The summed E-state index contributed by atoms with van der Waals surface area (Å²) in [4.78, 5) is 3.80. The topological polar surface area (TPSA) is 39.1 Å². The van der Waals surface area contributed by atoms with Crippen LogP contribution in [0.3, 0.4) is 0 Å². The Morgan fingerprint density at radius 1 is 1.40 bits per heavy atom. The van der Waals surface area contributed by atoms with Crippen molar-refractivity contribution in [2.24, 2.45) is 0 Å². The predicted octanol–water partition coefficient (Wildman–Crippen LogP) is 2.12. The van der Waals surface area contributed by atoms with Gasteiger partial charge in [0.05, 0.1) is 11.8 Å². The highest BCUT2D eigenvalue weighted by molar-refractivity contribution is 5.21. The summed E-state index contributed by atoms with van der Waals surface area (Å²) < 4.78 is 46.2. The van der Waals surface area contributed by atoms with E-state index in [9.17, 15) is 13.2 Å². The van der Waals surface area contributed by atoms with Crippen LogP contribution in [0.4, 0.5) is 13.2 Å². The van der Waals surface area contributed by atoms with Crippen LogP contribution in [0.2, 0.25) is 0 Å². The van der Waals surface area contributed by atoms with Gasteiger partial charge in [-0.3, -0.25) is 0 Å². The average molecular weight is 289 g/mol. The van der Waals surface area contributed by atoms with E-state index in [1.54, 1.807) is 0 Å². The first-order chi connectivity index (χ1) is 9.55. The molecule has 0 aromatic carbocycles. The van der Waals surface area contributed by atoms with Gasteiger partial charge in [-0.2, -0.15) is 13.2 Å². The van der Waals surface area contributed by atoms with Gasteiger partial charge in [-0.25, -0.2) is 4.98 Å². The van der Waals surface area contributed by atoms with Crippen molar-refractivity contribution in [2.45, 2.75) is 51.1 Å². The number of imidazole rings is 1. The van der Waals surface area contributed by atoms with Gasteiger partial charge in [0.25, 0.3) is 0 Å². The third-order valence-corrected chi connectivity index (χ3v) is 3.94. The smallest absolute Gasteiger partial charge is 0.378 e. The van der Waals surface area contributed by atoms with E-state index in [2.05, 4.69) is 10.3 Å². The van der Waals surface area contributed by atoms with E-state index in [1.807, 2.05) is 0 Å². The van der Waals surface area contributed by atoms with E-state index in [-0.39, 0.29) is 6.10 Å². The zero-order chi connectivity index (χ0) is 14.2. The Hall–Kier alpha value is -1.08. The summed E-state index contributed by atoms with van der Waals surface area (Å²) in [6, 6.07) is 0. The highest BCUT2D eigenvalue weighted by Crippen LogP contribution is 2.32. The van der Waals surface area contributed by atoms with Crippen molar-refractivity contribution in [3.8, 4) is 0 Å². The molecule has 1 aromatic heterocycles. The molecule has 3 rings (SSSR count). The molecule has 0 radical (unpaired) electrons. The minimum Gasteiger partial charge on any atom is -0.378 e. The fourth-order valence-electron chi connectivity index (χ4n) is 2.97. The van der Waals surface area contributed by atoms with Gasteiger partial charge < -0.3 is 14.6 Å². The van der Waals surface area contributed by atoms with E-state index in [0.717, 1.165) is 25.1 Å². The quantitative estimate of drug-likeness (QED) is 0.926. The summed E-state index contributed by atoms with van der Waals surface area (Å²) >= 11 is 0. The van der Waals surface area contributed by atoms with Crippen LogP contribution in [0.5, 0.6) is 0 Å². The fourth-order valence-corrected chi connectivity index (χ4v) is 2.97. The molecule has 1 atom stereocenters. The highest BCUT2D eigenvalue weighted by Gasteiger charge is 2.39. The second kappa shape index (κ2) is 5.37. The number of rotatable bonds is 3. The number of alkyl halides is 3. The van der Waals surface area contributed by atoms with Crippen molar-refractivity contribution in [1.82, 2.24) is 14.9 Å². The Balaban J connectivity index is 1.84. The summed E-state index contributed by atoms with van der Waals surface area (Å²) in [5.74, 6) is -0.760. The van der Waals surface area contributed by atoms with Crippen LogP contribution >= 0.6 is 0 Å². The van der Waals surface area contributed by atoms with Gasteiger partial charge >= 0.3 is 6.18 Å². The van der Waals surface area contributed by atoms with Crippen molar-refractivity contribution in [3.63, 3.8) is 0 Å². The summed E-state index contributed by atoms with van der Waals surface area (Å²) in [5, 5.41) is 3.06. The maximum absolute atomic E-state index is 13.1. The number of nitrogens with zero attached hydrogens (tertiary/aromatic N) is 2. The fraction of sp³-hybridized carbons (Fsp3) is 0.769. The third kappa shape index (κ3) is 2.69. The largest absolute Gasteiger partial charge is 0.449 e. The Bertz CT molecular complexity index is 478. The molecule has 0 aliphatic carbocycles. The van der Waals surface area contributed by atoms with Crippen molar-refractivity contribution < 1.29 is 17.9 Å². The molecule has 1 N–H and O–H groups in total. The third-order valence-electron chi connectivity index (χ3n) is 3.94. The van der Waals surface area contributed by atoms with Crippen LogP contribution < -0.4 is 5.32 Å². The maximum Gasteiger partial charge on any atom is 0.449 e.